The van der Waals surface area contributed by atoms with Crippen molar-refractivity contribution >= 4 is 15.9 Å². The molecule has 10 heteroatoms. The molecule has 0 saturated carbocycles. The van der Waals surface area contributed by atoms with Gasteiger partial charge in [-0.15, -0.1) is 0 Å². The lowest BCUT2D eigenvalue weighted by molar-refractivity contribution is -0.137. The van der Waals surface area contributed by atoms with E-state index in [1.54, 1.807) is 30.3 Å². The van der Waals surface area contributed by atoms with Crippen LogP contribution in [0.25, 0.3) is 0 Å². The molecule has 0 aliphatic carbocycles. The number of carbonyl (C=O) groups is 1. The third kappa shape index (κ3) is 3.74. The molecule has 26 heavy (non-hydrogen) atoms. The Balaban J connectivity index is 1.76. The first-order chi connectivity index (χ1) is 12.2. The minimum Gasteiger partial charge on any atom is -0.272 e. The van der Waals surface area contributed by atoms with Crippen molar-refractivity contribution in [2.75, 3.05) is 6.54 Å². The number of halogens is 3. The van der Waals surface area contributed by atoms with E-state index in [0.717, 1.165) is 21.4 Å². The predicted molar refractivity (Wildman–Crippen MR) is 86.7 cm³/mol. The molecule has 0 N–H and O–H groups in total. The number of amides is 1. The van der Waals surface area contributed by atoms with E-state index in [1.807, 2.05) is 0 Å². The smallest absolute Gasteiger partial charge is 0.272 e. The molecule has 1 amide bonds. The maximum absolute atomic E-state index is 12.7. The minimum atomic E-state index is -4.34. The Hall–Kier alpha value is -2.36. The van der Waals surface area contributed by atoms with Crippen molar-refractivity contribution in [2.45, 2.75) is 30.8 Å². The summed E-state index contributed by atoms with van der Waals surface area (Å²) in [5.41, 5.74) is 0.549. The number of carbonyl (C=O) groups excluding carboxylic acids is 1. The van der Waals surface area contributed by atoms with Gasteiger partial charge in [-0.3, -0.25) is 9.48 Å². The number of aryl methyl sites for hydroxylation is 1. The van der Waals surface area contributed by atoms with Gasteiger partial charge in [0.15, 0.2) is 0 Å². The van der Waals surface area contributed by atoms with Crippen LogP contribution >= 0.6 is 0 Å². The lowest BCUT2D eigenvalue weighted by Gasteiger charge is -2.16. The summed E-state index contributed by atoms with van der Waals surface area (Å²) < 4.78 is 63.9. The Morgan fingerprint density at radius 2 is 1.92 bits per heavy atom. The Labute approximate surface area is 148 Å². The highest BCUT2D eigenvalue weighted by Crippen LogP contribution is 2.36. The van der Waals surface area contributed by atoms with E-state index in [2.05, 4.69) is 5.10 Å². The number of alkyl halides is 3. The quantitative estimate of drug-likeness (QED) is 0.809. The van der Waals surface area contributed by atoms with Crippen molar-refractivity contribution in [3.63, 3.8) is 0 Å². The topological polar surface area (TPSA) is 72.3 Å². The average molecular weight is 387 g/mol. The zero-order valence-electron chi connectivity index (χ0n) is 13.6. The Kier molecular flexibility index (Phi) is 4.78. The van der Waals surface area contributed by atoms with Gasteiger partial charge in [-0.05, 0) is 12.0 Å². The van der Waals surface area contributed by atoms with Gasteiger partial charge in [0.2, 0.25) is 10.0 Å². The summed E-state index contributed by atoms with van der Waals surface area (Å²) in [6, 6.07) is 8.58. The first-order valence-electron chi connectivity index (χ1n) is 7.88. The van der Waals surface area contributed by atoms with Gasteiger partial charge in [-0.25, -0.2) is 12.7 Å². The van der Waals surface area contributed by atoms with Gasteiger partial charge in [0.05, 0.1) is 18.2 Å². The van der Waals surface area contributed by atoms with Gasteiger partial charge in [0, 0.05) is 19.3 Å². The molecule has 1 aromatic heterocycles. The van der Waals surface area contributed by atoms with E-state index in [4.69, 9.17) is 0 Å². The molecule has 0 bridgehead atoms. The first-order valence-corrected chi connectivity index (χ1v) is 9.39. The van der Waals surface area contributed by atoms with E-state index >= 15 is 0 Å². The molecule has 1 aliphatic heterocycles. The SMILES string of the molecule is O=C(c1cnn(CCC(F)(F)F)c1)N1CCC(c2ccccc2)S1(=O)=O. The second kappa shape index (κ2) is 6.75. The molecular formula is C16H16F3N3O3S. The van der Waals surface area contributed by atoms with Crippen molar-refractivity contribution in [3.8, 4) is 0 Å². The fourth-order valence-corrected chi connectivity index (χ4v) is 4.78. The van der Waals surface area contributed by atoms with E-state index in [0.29, 0.717) is 5.56 Å². The van der Waals surface area contributed by atoms with E-state index in [9.17, 15) is 26.4 Å². The van der Waals surface area contributed by atoms with Gasteiger partial charge < -0.3 is 0 Å². The van der Waals surface area contributed by atoms with Crippen LogP contribution in [0.15, 0.2) is 42.7 Å². The maximum atomic E-state index is 12.7. The van der Waals surface area contributed by atoms with Crippen LogP contribution in [0.1, 0.15) is 34.0 Å². The number of nitrogens with zero attached hydrogens (tertiary/aromatic N) is 3. The highest BCUT2D eigenvalue weighted by atomic mass is 32.2. The van der Waals surface area contributed by atoms with Gasteiger partial charge in [0.25, 0.3) is 5.91 Å². The Morgan fingerprint density at radius 3 is 2.58 bits per heavy atom. The first kappa shape index (κ1) is 18.4. The highest BCUT2D eigenvalue weighted by molar-refractivity contribution is 7.90. The number of sulfonamides is 1. The summed E-state index contributed by atoms with van der Waals surface area (Å²) in [4.78, 5) is 12.5. The van der Waals surface area contributed by atoms with Gasteiger partial charge >= 0.3 is 6.18 Å². The van der Waals surface area contributed by atoms with Crippen LogP contribution in [0.3, 0.4) is 0 Å². The van der Waals surface area contributed by atoms with Crippen molar-refractivity contribution in [3.05, 3.63) is 53.9 Å². The van der Waals surface area contributed by atoms with Gasteiger partial charge in [-0.2, -0.15) is 18.3 Å². The van der Waals surface area contributed by atoms with Crippen LogP contribution in [0.5, 0.6) is 0 Å². The molecule has 1 aliphatic rings. The number of rotatable bonds is 4. The van der Waals surface area contributed by atoms with Crippen LogP contribution in [-0.4, -0.2) is 41.1 Å². The molecule has 3 rings (SSSR count). The zero-order chi connectivity index (χ0) is 18.9. The second-order valence-corrected chi connectivity index (χ2v) is 8.01. The molecule has 1 unspecified atom stereocenters. The molecule has 140 valence electrons. The summed E-state index contributed by atoms with van der Waals surface area (Å²) in [7, 11) is -3.89. The summed E-state index contributed by atoms with van der Waals surface area (Å²) in [5.74, 6) is -0.776. The molecule has 2 heterocycles. The lowest BCUT2D eigenvalue weighted by Crippen LogP contribution is -2.33. The lowest BCUT2D eigenvalue weighted by atomic mass is 10.1. The van der Waals surface area contributed by atoms with E-state index < -0.39 is 40.3 Å². The fourth-order valence-electron chi connectivity index (χ4n) is 2.87. The summed E-state index contributed by atoms with van der Waals surface area (Å²) in [6.07, 6.45) is -2.93. The molecule has 0 radical (unpaired) electrons. The van der Waals surface area contributed by atoms with Crippen molar-refractivity contribution in [1.82, 2.24) is 14.1 Å². The highest BCUT2D eigenvalue weighted by Gasteiger charge is 2.43. The number of hydrogen-bond acceptors (Lipinski definition) is 4. The van der Waals surface area contributed by atoms with Crippen LogP contribution in [0.4, 0.5) is 13.2 Å². The molecule has 6 nitrogen and oxygen atoms in total. The summed E-state index contributed by atoms with van der Waals surface area (Å²) in [6.45, 7) is -0.412. The van der Waals surface area contributed by atoms with Gasteiger partial charge in [-0.1, -0.05) is 30.3 Å². The molecule has 1 atom stereocenters. The number of hydrogen-bond donors (Lipinski definition) is 0. The van der Waals surface area contributed by atoms with Crippen molar-refractivity contribution in [2.24, 2.45) is 0 Å². The fraction of sp³-hybridized carbons (Fsp3) is 0.375. The summed E-state index contributed by atoms with van der Waals surface area (Å²) >= 11 is 0. The zero-order valence-corrected chi connectivity index (χ0v) is 14.4. The van der Waals surface area contributed by atoms with E-state index in [1.165, 1.54) is 0 Å². The Bertz CT molecular complexity index is 894. The van der Waals surface area contributed by atoms with Crippen LogP contribution in [-0.2, 0) is 16.6 Å². The molecule has 1 aromatic carbocycles. The molecule has 0 spiro atoms. The normalized spacial score (nSPS) is 19.7. The van der Waals surface area contributed by atoms with Crippen LogP contribution in [0, 0.1) is 0 Å². The average Bonchev–Trinajstić information content (AvgIpc) is 3.16. The Morgan fingerprint density at radius 1 is 1.23 bits per heavy atom. The standard InChI is InChI=1S/C16H16F3N3O3S/c17-16(18,19)7-9-21-11-13(10-20-21)15(23)22-8-6-14(26(22,24)25)12-4-2-1-3-5-12/h1-5,10-11,14H,6-9H2. The predicted octanol–water partition coefficient (Wildman–Crippen LogP) is 2.75. The minimum absolute atomic E-state index is 0.0223. The van der Waals surface area contributed by atoms with E-state index in [-0.39, 0.29) is 18.5 Å². The van der Waals surface area contributed by atoms with Crippen molar-refractivity contribution in [1.29, 1.82) is 0 Å². The van der Waals surface area contributed by atoms with Gasteiger partial charge in [0.1, 0.15) is 5.25 Å². The molecule has 1 fully saturated rings. The molecule has 1 saturated heterocycles. The monoisotopic (exact) mass is 387 g/mol. The largest absolute Gasteiger partial charge is 0.390 e. The number of aromatic nitrogens is 2. The maximum Gasteiger partial charge on any atom is 0.390 e. The van der Waals surface area contributed by atoms with Crippen LogP contribution < -0.4 is 0 Å². The molecule has 2 aromatic rings. The third-order valence-electron chi connectivity index (χ3n) is 4.16. The summed E-state index contributed by atoms with van der Waals surface area (Å²) in [5, 5.41) is 2.90. The third-order valence-corrected chi connectivity index (χ3v) is 6.35. The molecular weight excluding hydrogens is 371 g/mol. The van der Waals surface area contributed by atoms with Crippen LogP contribution in [0.2, 0.25) is 0 Å². The number of benzene rings is 1. The van der Waals surface area contributed by atoms with Crippen molar-refractivity contribution < 1.29 is 26.4 Å². The second-order valence-electron chi connectivity index (χ2n) is 5.97.